The van der Waals surface area contributed by atoms with E-state index < -0.39 is 5.97 Å². The lowest BCUT2D eigenvalue weighted by Crippen LogP contribution is -2.21. The third kappa shape index (κ3) is 5.29. The quantitative estimate of drug-likeness (QED) is 0.728. The molecule has 4 nitrogen and oxygen atoms in total. The molecule has 0 aliphatic carbocycles. The van der Waals surface area contributed by atoms with E-state index in [0.29, 0.717) is 6.54 Å². The fourth-order valence-electron chi connectivity index (χ4n) is 1.52. The molecule has 0 aliphatic rings. The van der Waals surface area contributed by atoms with Crippen LogP contribution in [0.4, 0.5) is 0 Å². The summed E-state index contributed by atoms with van der Waals surface area (Å²) in [6.07, 6.45) is 2.69. The van der Waals surface area contributed by atoms with Gasteiger partial charge in [-0.1, -0.05) is 24.3 Å². The van der Waals surface area contributed by atoms with Gasteiger partial charge in [0.25, 0.3) is 0 Å². The summed E-state index contributed by atoms with van der Waals surface area (Å²) in [6, 6.07) is 7.66. The second-order valence-corrected chi connectivity index (χ2v) is 3.88. The molecule has 17 heavy (non-hydrogen) atoms. The number of aliphatic hydroxyl groups excluding tert-OH is 1. The highest BCUT2D eigenvalue weighted by Crippen LogP contribution is 2.09. The first-order valence-corrected chi connectivity index (χ1v) is 5.41. The van der Waals surface area contributed by atoms with Crippen LogP contribution in [0.1, 0.15) is 11.1 Å². The molecule has 0 aliphatic heterocycles. The summed E-state index contributed by atoms with van der Waals surface area (Å²) in [5.41, 5.74) is 1.95. The number of hydrogen-bond acceptors (Lipinski definition) is 3. The average Bonchev–Trinajstić information content (AvgIpc) is 2.27. The molecule has 1 aromatic rings. The number of carbonyl (C=O) groups is 1. The monoisotopic (exact) mass is 235 g/mol. The second kappa shape index (κ2) is 6.83. The summed E-state index contributed by atoms with van der Waals surface area (Å²) in [7, 11) is 1.93. The highest BCUT2D eigenvalue weighted by molar-refractivity contribution is 5.85. The van der Waals surface area contributed by atoms with Crippen molar-refractivity contribution in [1.82, 2.24) is 4.90 Å². The zero-order valence-corrected chi connectivity index (χ0v) is 9.84. The van der Waals surface area contributed by atoms with Crippen LogP contribution in [0.3, 0.4) is 0 Å². The van der Waals surface area contributed by atoms with E-state index in [-0.39, 0.29) is 6.61 Å². The zero-order valence-electron chi connectivity index (χ0n) is 9.84. The van der Waals surface area contributed by atoms with Gasteiger partial charge in [-0.2, -0.15) is 0 Å². The Kier molecular flexibility index (Phi) is 5.39. The standard InChI is InChI=1S/C13H17NO3/c1-14(7-8-15)10-12-4-2-3-11(9-12)5-6-13(16)17/h2-6,9,15H,7-8,10H2,1H3,(H,16,17). The Hall–Kier alpha value is -1.65. The maximum absolute atomic E-state index is 10.4. The molecular formula is C13H17NO3. The first kappa shape index (κ1) is 13.4. The minimum atomic E-state index is -0.951. The van der Waals surface area contributed by atoms with E-state index in [1.807, 2.05) is 36.2 Å². The number of hydrogen-bond donors (Lipinski definition) is 2. The lowest BCUT2D eigenvalue weighted by Gasteiger charge is -2.15. The van der Waals surface area contributed by atoms with Crippen LogP contribution in [0, 0.1) is 0 Å². The third-order valence-electron chi connectivity index (χ3n) is 2.30. The van der Waals surface area contributed by atoms with E-state index in [4.69, 9.17) is 10.2 Å². The molecule has 2 N–H and O–H groups in total. The molecule has 92 valence electrons. The van der Waals surface area contributed by atoms with Crippen LogP contribution in [0.15, 0.2) is 30.3 Å². The van der Waals surface area contributed by atoms with Crippen LogP contribution in [-0.2, 0) is 11.3 Å². The largest absolute Gasteiger partial charge is 0.478 e. The van der Waals surface area contributed by atoms with Gasteiger partial charge in [0, 0.05) is 19.2 Å². The Bertz CT molecular complexity index is 401. The van der Waals surface area contributed by atoms with E-state index in [0.717, 1.165) is 23.7 Å². The van der Waals surface area contributed by atoms with Crippen molar-refractivity contribution in [2.24, 2.45) is 0 Å². The average molecular weight is 235 g/mol. The molecule has 0 fully saturated rings. The van der Waals surface area contributed by atoms with Crippen LogP contribution >= 0.6 is 0 Å². The highest BCUT2D eigenvalue weighted by atomic mass is 16.4. The summed E-state index contributed by atoms with van der Waals surface area (Å²) >= 11 is 0. The Morgan fingerprint density at radius 3 is 2.88 bits per heavy atom. The first-order chi connectivity index (χ1) is 8.11. The minimum Gasteiger partial charge on any atom is -0.478 e. The first-order valence-electron chi connectivity index (χ1n) is 5.41. The molecule has 4 heteroatoms. The molecule has 0 spiro atoms. The van der Waals surface area contributed by atoms with E-state index in [1.54, 1.807) is 6.08 Å². The lowest BCUT2D eigenvalue weighted by atomic mass is 10.1. The predicted molar refractivity (Wildman–Crippen MR) is 66.5 cm³/mol. The van der Waals surface area contributed by atoms with Crippen molar-refractivity contribution in [1.29, 1.82) is 0 Å². The normalized spacial score (nSPS) is 11.2. The number of nitrogens with zero attached hydrogens (tertiary/aromatic N) is 1. The number of carboxylic acid groups (broad SMARTS) is 1. The molecule has 0 atom stereocenters. The van der Waals surface area contributed by atoms with Crippen molar-refractivity contribution in [3.8, 4) is 0 Å². The van der Waals surface area contributed by atoms with Crippen molar-refractivity contribution in [3.63, 3.8) is 0 Å². The Morgan fingerprint density at radius 1 is 1.47 bits per heavy atom. The Morgan fingerprint density at radius 2 is 2.24 bits per heavy atom. The van der Waals surface area contributed by atoms with Crippen LogP contribution in [0.5, 0.6) is 0 Å². The number of likely N-dealkylation sites (N-methyl/N-ethyl adjacent to an activating group) is 1. The maximum atomic E-state index is 10.4. The fourth-order valence-corrected chi connectivity index (χ4v) is 1.52. The number of aliphatic carboxylic acids is 1. The van der Waals surface area contributed by atoms with Gasteiger partial charge in [0.2, 0.25) is 0 Å². The second-order valence-electron chi connectivity index (χ2n) is 3.88. The summed E-state index contributed by atoms with van der Waals surface area (Å²) in [5, 5.41) is 17.3. The number of aliphatic hydroxyl groups is 1. The van der Waals surface area contributed by atoms with Gasteiger partial charge in [-0.25, -0.2) is 4.79 Å². The van der Waals surface area contributed by atoms with Crippen molar-refractivity contribution in [2.75, 3.05) is 20.2 Å². The number of rotatable bonds is 6. The topological polar surface area (TPSA) is 60.8 Å². The van der Waals surface area contributed by atoms with E-state index in [9.17, 15) is 4.79 Å². The van der Waals surface area contributed by atoms with Crippen LogP contribution in [0.2, 0.25) is 0 Å². The van der Waals surface area contributed by atoms with Crippen molar-refractivity contribution in [3.05, 3.63) is 41.5 Å². The molecule has 0 heterocycles. The molecule has 0 amide bonds. The van der Waals surface area contributed by atoms with Crippen molar-refractivity contribution >= 4 is 12.0 Å². The van der Waals surface area contributed by atoms with Gasteiger partial charge < -0.3 is 10.2 Å². The molecule has 0 bridgehead atoms. The van der Waals surface area contributed by atoms with Gasteiger partial charge >= 0.3 is 5.97 Å². The van der Waals surface area contributed by atoms with E-state index >= 15 is 0 Å². The minimum absolute atomic E-state index is 0.134. The number of carboxylic acids is 1. The third-order valence-corrected chi connectivity index (χ3v) is 2.30. The van der Waals surface area contributed by atoms with Crippen molar-refractivity contribution < 1.29 is 15.0 Å². The van der Waals surface area contributed by atoms with Gasteiger partial charge in [0.15, 0.2) is 0 Å². The summed E-state index contributed by atoms with van der Waals surface area (Å²) in [6.45, 7) is 1.49. The van der Waals surface area contributed by atoms with E-state index in [2.05, 4.69) is 0 Å². The lowest BCUT2D eigenvalue weighted by molar-refractivity contribution is -0.131. The summed E-state index contributed by atoms with van der Waals surface area (Å²) in [4.78, 5) is 12.4. The zero-order chi connectivity index (χ0) is 12.7. The van der Waals surface area contributed by atoms with Gasteiger partial charge in [0.1, 0.15) is 0 Å². The van der Waals surface area contributed by atoms with Gasteiger partial charge in [-0.15, -0.1) is 0 Å². The molecule has 1 aromatic carbocycles. The fraction of sp³-hybridized carbons (Fsp3) is 0.308. The van der Waals surface area contributed by atoms with E-state index in [1.165, 1.54) is 0 Å². The summed E-state index contributed by atoms with van der Waals surface area (Å²) in [5.74, 6) is -0.951. The summed E-state index contributed by atoms with van der Waals surface area (Å²) < 4.78 is 0. The molecule has 0 saturated carbocycles. The van der Waals surface area contributed by atoms with Gasteiger partial charge in [-0.3, -0.25) is 4.90 Å². The van der Waals surface area contributed by atoms with Crippen LogP contribution < -0.4 is 0 Å². The predicted octanol–water partition coefficient (Wildman–Crippen LogP) is 1.21. The molecule has 0 saturated heterocycles. The molecule has 1 rings (SSSR count). The molecule has 0 aromatic heterocycles. The Labute approximate surface area is 101 Å². The smallest absolute Gasteiger partial charge is 0.328 e. The SMILES string of the molecule is CN(CCO)Cc1cccc(C=CC(=O)O)c1. The van der Waals surface area contributed by atoms with Crippen LogP contribution in [0.25, 0.3) is 6.08 Å². The van der Waals surface area contributed by atoms with Gasteiger partial charge in [0.05, 0.1) is 6.61 Å². The molecule has 0 radical (unpaired) electrons. The number of benzene rings is 1. The van der Waals surface area contributed by atoms with Gasteiger partial charge in [-0.05, 0) is 24.3 Å². The maximum Gasteiger partial charge on any atom is 0.328 e. The molecular weight excluding hydrogens is 218 g/mol. The van der Waals surface area contributed by atoms with Crippen LogP contribution in [-0.4, -0.2) is 41.3 Å². The Balaban J connectivity index is 2.68. The molecule has 0 unspecified atom stereocenters. The highest BCUT2D eigenvalue weighted by Gasteiger charge is 1.99. The van der Waals surface area contributed by atoms with Crippen molar-refractivity contribution in [2.45, 2.75) is 6.54 Å².